The standard InChI is InChI=1S/C13H12ClNO2S/c14-10-3-8-1-2-17-13(8)9(4-10)5-12(16)11-6-18-7-15-11/h3-4,6-7,12,16H,1-2,5H2. The monoisotopic (exact) mass is 281 g/mol. The number of aromatic nitrogens is 1. The van der Waals surface area contributed by atoms with Crippen molar-refractivity contribution < 1.29 is 9.84 Å². The van der Waals surface area contributed by atoms with E-state index in [0.717, 1.165) is 23.3 Å². The minimum atomic E-state index is -0.608. The molecule has 3 nitrogen and oxygen atoms in total. The average Bonchev–Trinajstić information content (AvgIpc) is 2.98. The zero-order chi connectivity index (χ0) is 12.5. The summed E-state index contributed by atoms with van der Waals surface area (Å²) in [6, 6.07) is 3.80. The van der Waals surface area contributed by atoms with Crippen LogP contribution >= 0.6 is 22.9 Å². The van der Waals surface area contributed by atoms with Crippen LogP contribution < -0.4 is 4.74 Å². The number of hydrogen-bond donors (Lipinski definition) is 1. The Morgan fingerprint density at radius 2 is 2.39 bits per heavy atom. The van der Waals surface area contributed by atoms with E-state index >= 15 is 0 Å². The molecule has 0 radical (unpaired) electrons. The Bertz CT molecular complexity index is 556. The number of thiazole rings is 1. The number of nitrogens with zero attached hydrogens (tertiary/aromatic N) is 1. The molecule has 5 heteroatoms. The summed E-state index contributed by atoms with van der Waals surface area (Å²) in [5, 5.41) is 12.7. The first-order chi connectivity index (χ1) is 8.74. The van der Waals surface area contributed by atoms with E-state index in [2.05, 4.69) is 4.98 Å². The second-order valence-corrected chi connectivity index (χ2v) is 5.44. The van der Waals surface area contributed by atoms with Gasteiger partial charge in [-0.05, 0) is 23.3 Å². The van der Waals surface area contributed by atoms with Crippen LogP contribution in [0, 0.1) is 0 Å². The molecular weight excluding hydrogens is 270 g/mol. The molecule has 1 atom stereocenters. The lowest BCUT2D eigenvalue weighted by Crippen LogP contribution is -2.03. The van der Waals surface area contributed by atoms with Crippen molar-refractivity contribution in [2.75, 3.05) is 6.61 Å². The van der Waals surface area contributed by atoms with Crippen LogP contribution in [-0.2, 0) is 12.8 Å². The van der Waals surface area contributed by atoms with Crippen molar-refractivity contribution in [1.29, 1.82) is 0 Å². The van der Waals surface area contributed by atoms with Gasteiger partial charge in [0.05, 0.1) is 17.8 Å². The van der Waals surface area contributed by atoms with E-state index in [-0.39, 0.29) is 0 Å². The molecule has 18 heavy (non-hydrogen) atoms. The molecule has 0 saturated heterocycles. The molecule has 0 aliphatic carbocycles. The zero-order valence-electron chi connectivity index (χ0n) is 9.60. The Labute approximate surface area is 114 Å². The fourth-order valence-electron chi connectivity index (χ4n) is 2.20. The molecule has 0 bridgehead atoms. The number of hydrogen-bond acceptors (Lipinski definition) is 4. The number of benzene rings is 1. The summed E-state index contributed by atoms with van der Waals surface area (Å²) in [5.41, 5.74) is 4.50. The maximum Gasteiger partial charge on any atom is 0.126 e. The topological polar surface area (TPSA) is 42.4 Å². The van der Waals surface area contributed by atoms with E-state index in [9.17, 15) is 5.11 Å². The summed E-state index contributed by atoms with van der Waals surface area (Å²) < 4.78 is 5.62. The van der Waals surface area contributed by atoms with Crippen molar-refractivity contribution in [2.24, 2.45) is 0 Å². The molecule has 0 amide bonds. The number of fused-ring (bicyclic) bond motifs is 1. The second-order valence-electron chi connectivity index (χ2n) is 4.28. The van der Waals surface area contributed by atoms with Crippen LogP contribution in [0.2, 0.25) is 5.02 Å². The van der Waals surface area contributed by atoms with Gasteiger partial charge in [0.1, 0.15) is 11.9 Å². The molecular formula is C13H12ClNO2S. The van der Waals surface area contributed by atoms with Gasteiger partial charge in [0, 0.05) is 23.2 Å². The Balaban J connectivity index is 1.89. The molecule has 1 aromatic carbocycles. The molecule has 2 heterocycles. The lowest BCUT2D eigenvalue weighted by molar-refractivity contribution is 0.173. The summed E-state index contributed by atoms with van der Waals surface area (Å²) in [7, 11) is 0. The molecule has 0 spiro atoms. The van der Waals surface area contributed by atoms with Crippen LogP contribution in [0.5, 0.6) is 5.75 Å². The Morgan fingerprint density at radius 3 is 3.17 bits per heavy atom. The molecule has 1 aliphatic heterocycles. The summed E-state index contributed by atoms with van der Waals surface area (Å²) in [4.78, 5) is 4.12. The van der Waals surface area contributed by atoms with Crippen LogP contribution in [0.25, 0.3) is 0 Å². The molecule has 0 saturated carbocycles. The predicted molar refractivity (Wildman–Crippen MR) is 71.4 cm³/mol. The summed E-state index contributed by atoms with van der Waals surface area (Å²) in [6.07, 6.45) is 0.755. The molecule has 3 rings (SSSR count). The quantitative estimate of drug-likeness (QED) is 0.940. The molecule has 1 N–H and O–H groups in total. The third kappa shape index (κ3) is 2.23. The van der Waals surface area contributed by atoms with Crippen molar-refractivity contribution in [3.05, 3.63) is 44.9 Å². The number of aliphatic hydroxyl groups is 1. The normalized spacial score (nSPS) is 15.2. The maximum absolute atomic E-state index is 10.1. The van der Waals surface area contributed by atoms with Crippen LogP contribution in [0.3, 0.4) is 0 Å². The van der Waals surface area contributed by atoms with Crippen LogP contribution in [0.4, 0.5) is 0 Å². The smallest absolute Gasteiger partial charge is 0.126 e. The SMILES string of the molecule is OC(Cc1cc(Cl)cc2c1OCC2)c1cscn1. The van der Waals surface area contributed by atoms with Gasteiger partial charge in [0.2, 0.25) is 0 Å². The minimum Gasteiger partial charge on any atom is -0.493 e. The summed E-state index contributed by atoms with van der Waals surface area (Å²) >= 11 is 7.56. The first-order valence-corrected chi connectivity index (χ1v) is 7.06. The van der Waals surface area contributed by atoms with Crippen LogP contribution in [0.15, 0.2) is 23.0 Å². The summed E-state index contributed by atoms with van der Waals surface area (Å²) in [6.45, 7) is 0.690. The highest BCUT2D eigenvalue weighted by Crippen LogP contribution is 2.35. The van der Waals surface area contributed by atoms with E-state index in [1.807, 2.05) is 17.5 Å². The van der Waals surface area contributed by atoms with Crippen molar-refractivity contribution in [1.82, 2.24) is 4.98 Å². The molecule has 1 aliphatic rings. The molecule has 0 fully saturated rings. The van der Waals surface area contributed by atoms with Gasteiger partial charge < -0.3 is 9.84 Å². The lowest BCUT2D eigenvalue weighted by Gasteiger charge is -2.12. The molecule has 1 aromatic heterocycles. The van der Waals surface area contributed by atoms with E-state index in [1.165, 1.54) is 11.3 Å². The second kappa shape index (κ2) is 4.88. The van der Waals surface area contributed by atoms with Crippen molar-refractivity contribution >= 4 is 22.9 Å². The van der Waals surface area contributed by atoms with E-state index in [0.29, 0.717) is 23.7 Å². The Hall–Kier alpha value is -1.10. The minimum absolute atomic E-state index is 0.479. The first-order valence-electron chi connectivity index (χ1n) is 5.74. The van der Waals surface area contributed by atoms with Gasteiger partial charge in [-0.2, -0.15) is 0 Å². The number of aliphatic hydroxyl groups excluding tert-OH is 1. The molecule has 2 aromatic rings. The van der Waals surface area contributed by atoms with Gasteiger partial charge in [0.15, 0.2) is 0 Å². The highest BCUT2D eigenvalue weighted by atomic mass is 35.5. The van der Waals surface area contributed by atoms with E-state index < -0.39 is 6.10 Å². The number of halogens is 1. The fourth-order valence-corrected chi connectivity index (χ4v) is 3.06. The lowest BCUT2D eigenvalue weighted by atomic mass is 10.0. The van der Waals surface area contributed by atoms with E-state index in [1.54, 1.807) is 5.51 Å². The van der Waals surface area contributed by atoms with Gasteiger partial charge in [-0.15, -0.1) is 11.3 Å². The highest BCUT2D eigenvalue weighted by molar-refractivity contribution is 7.07. The average molecular weight is 282 g/mol. The van der Waals surface area contributed by atoms with Gasteiger partial charge in [0.25, 0.3) is 0 Å². The van der Waals surface area contributed by atoms with Crippen molar-refractivity contribution in [2.45, 2.75) is 18.9 Å². The number of ether oxygens (including phenoxy) is 1. The predicted octanol–water partition coefficient (Wildman–Crippen LogP) is 3.01. The third-order valence-electron chi connectivity index (χ3n) is 3.03. The fraction of sp³-hybridized carbons (Fsp3) is 0.308. The Kier molecular flexibility index (Phi) is 3.24. The van der Waals surface area contributed by atoms with Crippen molar-refractivity contribution in [3.8, 4) is 5.75 Å². The maximum atomic E-state index is 10.1. The first kappa shape index (κ1) is 12.0. The Morgan fingerprint density at radius 1 is 1.50 bits per heavy atom. The summed E-state index contributed by atoms with van der Waals surface area (Å²) in [5.74, 6) is 0.883. The third-order valence-corrected chi connectivity index (χ3v) is 3.85. The number of rotatable bonds is 3. The molecule has 1 unspecified atom stereocenters. The zero-order valence-corrected chi connectivity index (χ0v) is 11.2. The molecule has 94 valence electrons. The van der Waals surface area contributed by atoms with Gasteiger partial charge in [-0.1, -0.05) is 11.6 Å². The highest BCUT2D eigenvalue weighted by Gasteiger charge is 2.20. The van der Waals surface area contributed by atoms with E-state index in [4.69, 9.17) is 16.3 Å². The van der Waals surface area contributed by atoms with Crippen molar-refractivity contribution in [3.63, 3.8) is 0 Å². The van der Waals surface area contributed by atoms with Crippen LogP contribution in [0.1, 0.15) is 22.9 Å². The van der Waals surface area contributed by atoms with Crippen LogP contribution in [-0.4, -0.2) is 16.7 Å². The van der Waals surface area contributed by atoms with Gasteiger partial charge >= 0.3 is 0 Å². The van der Waals surface area contributed by atoms with Gasteiger partial charge in [-0.3, -0.25) is 0 Å². The van der Waals surface area contributed by atoms with Gasteiger partial charge in [-0.25, -0.2) is 4.98 Å². The largest absolute Gasteiger partial charge is 0.493 e.